The van der Waals surface area contributed by atoms with Crippen molar-refractivity contribution < 1.29 is 19.4 Å². The number of fused-ring (bicyclic) bond motifs is 1. The topological polar surface area (TPSA) is 103 Å². The van der Waals surface area contributed by atoms with Gasteiger partial charge in [0.15, 0.2) is 11.4 Å². The summed E-state index contributed by atoms with van der Waals surface area (Å²) in [5.41, 5.74) is 3.40. The van der Waals surface area contributed by atoms with Gasteiger partial charge in [0.25, 0.3) is 0 Å². The molecule has 3 aromatic rings. The second kappa shape index (κ2) is 11.4. The van der Waals surface area contributed by atoms with E-state index >= 15 is 0 Å². The molecule has 1 fully saturated rings. The number of carbonyl (C=O) groups is 1. The molecule has 1 aromatic carbocycles. The first kappa shape index (κ1) is 24.1. The van der Waals surface area contributed by atoms with Crippen molar-refractivity contribution in [1.29, 1.82) is 0 Å². The van der Waals surface area contributed by atoms with Crippen LogP contribution in [-0.2, 0) is 9.53 Å². The summed E-state index contributed by atoms with van der Waals surface area (Å²) in [6.45, 7) is 7.33. The van der Waals surface area contributed by atoms with Gasteiger partial charge in [-0.05, 0) is 57.4 Å². The maximum Gasteiger partial charge on any atom is 0.228 e. The predicted molar refractivity (Wildman–Crippen MR) is 130 cm³/mol. The molecule has 0 spiro atoms. The quantitative estimate of drug-likeness (QED) is 0.428. The zero-order chi connectivity index (χ0) is 23.9. The Balaban J connectivity index is 1.49. The lowest BCUT2D eigenvalue weighted by Gasteiger charge is -2.27. The number of imidazole rings is 1. The first-order valence-electron chi connectivity index (χ1n) is 12.0. The monoisotopic (exact) mass is 467 g/mol. The van der Waals surface area contributed by atoms with Crippen LogP contribution in [0.25, 0.3) is 22.4 Å². The van der Waals surface area contributed by atoms with Crippen LogP contribution in [0.5, 0.6) is 5.75 Å². The number of benzene rings is 1. The Bertz CT molecular complexity index is 1090. The molecular formula is C25H33N5O4. The van der Waals surface area contributed by atoms with E-state index in [1.807, 2.05) is 30.6 Å². The molecule has 0 radical (unpaired) electrons. The van der Waals surface area contributed by atoms with E-state index < -0.39 is 0 Å². The van der Waals surface area contributed by atoms with Crippen molar-refractivity contribution in [2.45, 2.75) is 45.6 Å². The molecule has 9 heteroatoms. The summed E-state index contributed by atoms with van der Waals surface area (Å²) in [4.78, 5) is 27.7. The highest BCUT2D eigenvalue weighted by atomic mass is 16.5. The molecule has 2 aromatic heterocycles. The third-order valence-corrected chi connectivity index (χ3v) is 5.93. The number of hydrogen-bond acceptors (Lipinski definition) is 8. The number of nitrogens with zero attached hydrogens (tertiary/aromatic N) is 5. The smallest absolute Gasteiger partial charge is 0.228 e. The van der Waals surface area contributed by atoms with E-state index in [1.54, 1.807) is 0 Å². The van der Waals surface area contributed by atoms with Crippen LogP contribution in [0.1, 0.15) is 45.6 Å². The summed E-state index contributed by atoms with van der Waals surface area (Å²) in [5, 5.41) is 8.76. The van der Waals surface area contributed by atoms with E-state index in [0.717, 1.165) is 60.5 Å². The second-order valence-corrected chi connectivity index (χ2v) is 8.77. The molecule has 1 aliphatic rings. The molecule has 3 heterocycles. The molecule has 0 amide bonds. The summed E-state index contributed by atoms with van der Waals surface area (Å²) in [6.07, 6.45) is 4.80. The Morgan fingerprint density at radius 3 is 2.59 bits per heavy atom. The van der Waals surface area contributed by atoms with Crippen LogP contribution in [-0.4, -0.2) is 69.9 Å². The fourth-order valence-corrected chi connectivity index (χ4v) is 3.97. The van der Waals surface area contributed by atoms with Gasteiger partial charge < -0.3 is 24.0 Å². The number of anilines is 1. The summed E-state index contributed by atoms with van der Waals surface area (Å²) in [6, 6.07) is 8.16. The van der Waals surface area contributed by atoms with Crippen molar-refractivity contribution in [1.82, 2.24) is 19.5 Å². The van der Waals surface area contributed by atoms with Crippen molar-refractivity contribution in [2.75, 3.05) is 44.4 Å². The number of aliphatic hydroxyl groups is 1. The fraction of sp³-hybridized carbons (Fsp3) is 0.520. The standard InChI is InChI=1S/C25H33N5O4/c1-18(2)30-17-26-23-22(27-25(28-24(23)30)29-11-14-33-15-12-29)19-7-9-21(10-8-19)34-13-5-3-4-6-20(32)16-31/h7-10,17-18,31H,3-6,11-16H2,1-2H3. The minimum absolute atomic E-state index is 0.106. The normalized spacial score (nSPS) is 14.2. The number of aromatic nitrogens is 4. The molecule has 182 valence electrons. The number of morpholine rings is 1. The maximum atomic E-state index is 11.1. The molecule has 0 aliphatic carbocycles. The van der Waals surface area contributed by atoms with Crippen LogP contribution in [0.3, 0.4) is 0 Å². The highest BCUT2D eigenvalue weighted by Gasteiger charge is 2.20. The predicted octanol–water partition coefficient (Wildman–Crippen LogP) is 3.41. The number of aliphatic hydroxyl groups excluding tert-OH is 1. The Labute approximate surface area is 199 Å². The van der Waals surface area contributed by atoms with Crippen LogP contribution in [0, 0.1) is 0 Å². The van der Waals surface area contributed by atoms with Crippen LogP contribution >= 0.6 is 0 Å². The van der Waals surface area contributed by atoms with Gasteiger partial charge in [-0.2, -0.15) is 4.98 Å². The molecule has 4 rings (SSSR count). The summed E-state index contributed by atoms with van der Waals surface area (Å²) < 4.78 is 13.4. The van der Waals surface area contributed by atoms with Crippen molar-refractivity contribution in [3.8, 4) is 17.0 Å². The highest BCUT2D eigenvalue weighted by molar-refractivity contribution is 5.88. The minimum atomic E-state index is -0.368. The number of Topliss-reactive ketones (excluding diaryl/α,β-unsaturated/α-hetero) is 1. The van der Waals surface area contributed by atoms with E-state index in [4.69, 9.17) is 24.5 Å². The van der Waals surface area contributed by atoms with E-state index in [9.17, 15) is 4.79 Å². The third kappa shape index (κ3) is 5.71. The SMILES string of the molecule is CC(C)n1cnc2c(-c3ccc(OCCCCCC(=O)CO)cc3)nc(N3CCOCC3)nc21. The molecular weight excluding hydrogens is 434 g/mol. The van der Waals surface area contributed by atoms with Gasteiger partial charge in [0.2, 0.25) is 5.95 Å². The molecule has 1 saturated heterocycles. The molecule has 1 aliphatic heterocycles. The molecule has 9 nitrogen and oxygen atoms in total. The Morgan fingerprint density at radius 1 is 1.12 bits per heavy atom. The van der Waals surface area contributed by atoms with Crippen molar-refractivity contribution in [3.05, 3.63) is 30.6 Å². The van der Waals surface area contributed by atoms with Crippen LogP contribution in [0.2, 0.25) is 0 Å². The number of ether oxygens (including phenoxy) is 2. The summed E-state index contributed by atoms with van der Waals surface area (Å²) in [7, 11) is 0. The maximum absolute atomic E-state index is 11.1. The number of unbranched alkanes of at least 4 members (excludes halogenated alkanes) is 2. The summed E-state index contributed by atoms with van der Waals surface area (Å²) in [5.74, 6) is 1.39. The number of carbonyl (C=O) groups excluding carboxylic acids is 1. The first-order valence-corrected chi connectivity index (χ1v) is 12.0. The lowest BCUT2D eigenvalue weighted by Crippen LogP contribution is -2.37. The van der Waals surface area contributed by atoms with Gasteiger partial charge in [0.05, 0.1) is 26.1 Å². The van der Waals surface area contributed by atoms with Gasteiger partial charge in [-0.25, -0.2) is 9.97 Å². The lowest BCUT2D eigenvalue weighted by molar-refractivity contribution is -0.121. The van der Waals surface area contributed by atoms with Crippen molar-refractivity contribution >= 4 is 22.9 Å². The van der Waals surface area contributed by atoms with E-state index in [0.29, 0.717) is 32.2 Å². The van der Waals surface area contributed by atoms with E-state index in [1.165, 1.54) is 0 Å². The molecule has 34 heavy (non-hydrogen) atoms. The fourth-order valence-electron chi connectivity index (χ4n) is 3.97. The number of ketones is 1. The Hall–Kier alpha value is -3.04. The molecule has 0 atom stereocenters. The molecule has 0 saturated carbocycles. The van der Waals surface area contributed by atoms with Crippen LogP contribution in [0.4, 0.5) is 5.95 Å². The Kier molecular flexibility index (Phi) is 8.08. The third-order valence-electron chi connectivity index (χ3n) is 5.93. The van der Waals surface area contributed by atoms with E-state index in [-0.39, 0.29) is 18.4 Å². The Morgan fingerprint density at radius 2 is 1.88 bits per heavy atom. The average Bonchev–Trinajstić information content (AvgIpc) is 3.31. The van der Waals surface area contributed by atoms with Crippen molar-refractivity contribution in [3.63, 3.8) is 0 Å². The average molecular weight is 468 g/mol. The second-order valence-electron chi connectivity index (χ2n) is 8.77. The lowest BCUT2D eigenvalue weighted by atomic mass is 10.1. The van der Waals surface area contributed by atoms with Crippen molar-refractivity contribution in [2.24, 2.45) is 0 Å². The first-order chi connectivity index (χ1) is 16.6. The molecule has 0 unspecified atom stereocenters. The zero-order valence-electron chi connectivity index (χ0n) is 19.9. The van der Waals surface area contributed by atoms with Crippen LogP contribution in [0.15, 0.2) is 30.6 Å². The van der Waals surface area contributed by atoms with Crippen LogP contribution < -0.4 is 9.64 Å². The molecule has 0 bridgehead atoms. The van der Waals surface area contributed by atoms with Gasteiger partial charge >= 0.3 is 0 Å². The summed E-state index contributed by atoms with van der Waals surface area (Å²) >= 11 is 0. The van der Waals surface area contributed by atoms with Gasteiger partial charge in [-0.15, -0.1) is 0 Å². The number of rotatable bonds is 11. The van der Waals surface area contributed by atoms with Gasteiger partial charge in [0.1, 0.15) is 23.6 Å². The highest BCUT2D eigenvalue weighted by Crippen LogP contribution is 2.30. The number of hydrogen-bond donors (Lipinski definition) is 1. The minimum Gasteiger partial charge on any atom is -0.494 e. The largest absolute Gasteiger partial charge is 0.494 e. The zero-order valence-corrected chi connectivity index (χ0v) is 19.9. The van der Waals surface area contributed by atoms with Gasteiger partial charge in [0, 0.05) is 31.1 Å². The molecule has 1 N–H and O–H groups in total. The van der Waals surface area contributed by atoms with Gasteiger partial charge in [-0.3, -0.25) is 4.79 Å². The van der Waals surface area contributed by atoms with Gasteiger partial charge in [-0.1, -0.05) is 0 Å². The van der Waals surface area contributed by atoms with E-state index in [2.05, 4.69) is 28.3 Å².